The number of hydrogen-bond donors (Lipinski definition) is 2. The van der Waals surface area contributed by atoms with Crippen molar-refractivity contribution in [1.82, 2.24) is 15.1 Å². The van der Waals surface area contributed by atoms with Crippen LogP contribution in [-0.4, -0.2) is 78.1 Å². The fourth-order valence-corrected chi connectivity index (χ4v) is 4.24. The number of rotatable bonds is 3. The summed E-state index contributed by atoms with van der Waals surface area (Å²) in [6, 6.07) is 0.0448. The predicted octanol–water partition coefficient (Wildman–Crippen LogP) is -0.0583. The highest BCUT2D eigenvalue weighted by Gasteiger charge is 2.48. The van der Waals surface area contributed by atoms with Crippen molar-refractivity contribution in [3.8, 4) is 0 Å². The first-order chi connectivity index (χ1) is 11.1. The quantitative estimate of drug-likeness (QED) is 0.703. The van der Waals surface area contributed by atoms with Crippen molar-refractivity contribution < 1.29 is 14.3 Å². The molecule has 0 aromatic rings. The van der Waals surface area contributed by atoms with E-state index in [2.05, 4.69) is 10.2 Å². The minimum absolute atomic E-state index is 0.0448. The number of nitrogens with zero attached hydrogens (tertiary/aromatic N) is 2. The Morgan fingerprint density at radius 3 is 2.21 bits per heavy atom. The molecule has 138 valence electrons. The van der Waals surface area contributed by atoms with E-state index in [1.807, 2.05) is 27.7 Å². The highest BCUT2D eigenvalue weighted by molar-refractivity contribution is 6.35. The molecule has 2 aliphatic rings. The molecule has 0 bridgehead atoms. The van der Waals surface area contributed by atoms with Crippen LogP contribution in [0.2, 0.25) is 0 Å². The van der Waals surface area contributed by atoms with E-state index >= 15 is 0 Å². The molecule has 0 aliphatic carbocycles. The van der Waals surface area contributed by atoms with Crippen LogP contribution in [0.5, 0.6) is 0 Å². The summed E-state index contributed by atoms with van der Waals surface area (Å²) in [6.45, 7) is 12.3. The molecular weight excluding hydrogens is 308 g/mol. The van der Waals surface area contributed by atoms with Crippen LogP contribution >= 0.6 is 0 Å². The average Bonchev–Trinajstić information content (AvgIpc) is 2.45. The zero-order chi connectivity index (χ0) is 18.0. The highest BCUT2D eigenvalue weighted by atomic mass is 16.5. The smallest absolute Gasteiger partial charge is 0.312 e. The number of carbonyl (C=O) groups is 2. The van der Waals surface area contributed by atoms with E-state index in [1.54, 1.807) is 4.90 Å². The van der Waals surface area contributed by atoms with Gasteiger partial charge in [-0.3, -0.25) is 14.5 Å². The van der Waals surface area contributed by atoms with Gasteiger partial charge in [0.25, 0.3) is 0 Å². The predicted molar refractivity (Wildman–Crippen MR) is 92.5 cm³/mol. The third-order valence-electron chi connectivity index (χ3n) is 4.95. The topological polar surface area (TPSA) is 87.9 Å². The minimum Gasteiger partial charge on any atom is -0.379 e. The van der Waals surface area contributed by atoms with Crippen LogP contribution in [0.4, 0.5) is 0 Å². The van der Waals surface area contributed by atoms with Gasteiger partial charge >= 0.3 is 11.8 Å². The molecule has 0 aromatic heterocycles. The number of likely N-dealkylation sites (tertiary alicyclic amines) is 1. The average molecular weight is 340 g/mol. The molecule has 0 spiro atoms. The molecule has 0 saturated carbocycles. The van der Waals surface area contributed by atoms with E-state index in [0.717, 1.165) is 32.8 Å². The van der Waals surface area contributed by atoms with Gasteiger partial charge in [0.1, 0.15) is 0 Å². The molecule has 7 nitrogen and oxygen atoms in total. The molecular formula is C17H32N4O3. The molecule has 3 N–H and O–H groups in total. The number of ether oxygens (including phenoxy) is 1. The molecule has 7 heteroatoms. The number of nitrogens with two attached hydrogens (primary N) is 1. The van der Waals surface area contributed by atoms with Crippen LogP contribution in [0.3, 0.4) is 0 Å². The van der Waals surface area contributed by atoms with E-state index in [1.165, 1.54) is 0 Å². The van der Waals surface area contributed by atoms with E-state index in [4.69, 9.17) is 10.5 Å². The first kappa shape index (κ1) is 19.1. The van der Waals surface area contributed by atoms with Gasteiger partial charge in [0.2, 0.25) is 0 Å². The number of piperidine rings is 1. The number of morpholine rings is 1. The lowest BCUT2D eigenvalue weighted by Gasteiger charge is -2.54. The first-order valence-corrected chi connectivity index (χ1v) is 8.82. The third kappa shape index (κ3) is 4.46. The van der Waals surface area contributed by atoms with Gasteiger partial charge in [0.15, 0.2) is 0 Å². The Morgan fingerprint density at radius 2 is 1.67 bits per heavy atom. The Hall–Kier alpha value is -1.18. The fourth-order valence-electron chi connectivity index (χ4n) is 4.24. The molecule has 0 atom stereocenters. The zero-order valence-corrected chi connectivity index (χ0v) is 15.4. The monoisotopic (exact) mass is 340 g/mol. The molecule has 0 unspecified atom stereocenters. The molecule has 2 aliphatic heterocycles. The van der Waals surface area contributed by atoms with Gasteiger partial charge in [-0.1, -0.05) is 0 Å². The van der Waals surface area contributed by atoms with Gasteiger partial charge in [-0.15, -0.1) is 0 Å². The van der Waals surface area contributed by atoms with Crippen LogP contribution < -0.4 is 11.1 Å². The second-order valence-electron chi connectivity index (χ2n) is 8.14. The van der Waals surface area contributed by atoms with Crippen molar-refractivity contribution in [1.29, 1.82) is 0 Å². The van der Waals surface area contributed by atoms with Gasteiger partial charge in [0.05, 0.1) is 13.2 Å². The zero-order valence-electron chi connectivity index (χ0n) is 15.4. The maximum atomic E-state index is 12.8. The maximum absolute atomic E-state index is 12.8. The van der Waals surface area contributed by atoms with Crippen molar-refractivity contribution in [3.05, 3.63) is 0 Å². The van der Waals surface area contributed by atoms with E-state index in [9.17, 15) is 9.59 Å². The van der Waals surface area contributed by atoms with Gasteiger partial charge < -0.3 is 20.7 Å². The Morgan fingerprint density at radius 1 is 1.12 bits per heavy atom. The normalized spacial score (nSPS) is 24.6. The van der Waals surface area contributed by atoms with Crippen LogP contribution in [0.15, 0.2) is 0 Å². The van der Waals surface area contributed by atoms with Crippen molar-refractivity contribution in [2.75, 3.05) is 39.4 Å². The summed E-state index contributed by atoms with van der Waals surface area (Å²) >= 11 is 0. The lowest BCUT2D eigenvalue weighted by molar-refractivity contribution is -0.159. The van der Waals surface area contributed by atoms with Crippen molar-refractivity contribution in [2.45, 2.75) is 57.7 Å². The summed E-state index contributed by atoms with van der Waals surface area (Å²) in [4.78, 5) is 29.1. The summed E-state index contributed by atoms with van der Waals surface area (Å²) in [5.74, 6) is -0.987. The van der Waals surface area contributed by atoms with Crippen molar-refractivity contribution >= 4 is 11.8 Å². The third-order valence-corrected chi connectivity index (χ3v) is 4.95. The minimum atomic E-state index is -0.528. The summed E-state index contributed by atoms with van der Waals surface area (Å²) < 4.78 is 5.30. The highest BCUT2D eigenvalue weighted by Crippen LogP contribution is 2.37. The SMILES string of the molecule is CC1(C)CC(N)CC(C)(C)N1C(=O)C(=O)NCCN1CCOCC1. The Bertz CT molecular complexity index is 454. The van der Waals surface area contributed by atoms with Crippen LogP contribution in [0, 0.1) is 0 Å². The molecule has 2 rings (SSSR count). The first-order valence-electron chi connectivity index (χ1n) is 8.82. The van der Waals surface area contributed by atoms with Gasteiger partial charge in [0, 0.05) is 43.3 Å². The number of carbonyl (C=O) groups excluding carboxylic acids is 2. The summed E-state index contributed by atoms with van der Waals surface area (Å²) in [6.07, 6.45) is 1.40. The molecule has 2 amide bonds. The molecule has 2 fully saturated rings. The molecule has 2 heterocycles. The van der Waals surface area contributed by atoms with Gasteiger partial charge in [-0.25, -0.2) is 0 Å². The summed E-state index contributed by atoms with van der Waals surface area (Å²) in [5, 5.41) is 2.77. The number of amides is 2. The second kappa shape index (κ2) is 7.37. The molecule has 24 heavy (non-hydrogen) atoms. The van der Waals surface area contributed by atoms with E-state index < -0.39 is 22.9 Å². The Labute approximate surface area is 144 Å². The van der Waals surface area contributed by atoms with Gasteiger partial charge in [-0.2, -0.15) is 0 Å². The molecule has 2 saturated heterocycles. The van der Waals surface area contributed by atoms with Crippen LogP contribution in [-0.2, 0) is 14.3 Å². The lowest BCUT2D eigenvalue weighted by atomic mass is 9.77. The number of nitrogens with one attached hydrogen (secondary N) is 1. The Kier molecular flexibility index (Phi) is 5.88. The lowest BCUT2D eigenvalue weighted by Crippen LogP contribution is -2.67. The van der Waals surface area contributed by atoms with Crippen molar-refractivity contribution in [2.24, 2.45) is 5.73 Å². The fraction of sp³-hybridized carbons (Fsp3) is 0.882. The largest absolute Gasteiger partial charge is 0.379 e. The second-order valence-corrected chi connectivity index (χ2v) is 8.14. The van der Waals surface area contributed by atoms with E-state index in [-0.39, 0.29) is 6.04 Å². The molecule has 0 aromatic carbocycles. The van der Waals surface area contributed by atoms with E-state index in [0.29, 0.717) is 19.4 Å². The van der Waals surface area contributed by atoms with Gasteiger partial charge in [-0.05, 0) is 40.5 Å². The van der Waals surface area contributed by atoms with Crippen LogP contribution in [0.1, 0.15) is 40.5 Å². The maximum Gasteiger partial charge on any atom is 0.312 e. The van der Waals surface area contributed by atoms with Crippen LogP contribution in [0.25, 0.3) is 0 Å². The molecule has 0 radical (unpaired) electrons. The standard InChI is InChI=1S/C17H32N4O3/c1-16(2)11-13(18)12-17(3,4)21(16)15(23)14(22)19-5-6-20-7-9-24-10-8-20/h13H,5-12,18H2,1-4H3,(H,19,22). The summed E-state index contributed by atoms with van der Waals surface area (Å²) in [7, 11) is 0. The van der Waals surface area contributed by atoms with Crippen molar-refractivity contribution in [3.63, 3.8) is 0 Å². The number of hydrogen-bond acceptors (Lipinski definition) is 5. The Balaban J connectivity index is 1.92. The summed E-state index contributed by atoms with van der Waals surface area (Å²) in [5.41, 5.74) is 5.27.